The Morgan fingerprint density at radius 3 is 1.72 bits per heavy atom. The van der Waals surface area contributed by atoms with E-state index < -0.39 is 40.8 Å². The Morgan fingerprint density at radius 2 is 1.18 bits per heavy atom. The fourth-order valence-corrected chi connectivity index (χ4v) is 3.40. The average molecular weight is 549 g/mol. The lowest BCUT2D eigenvalue weighted by molar-refractivity contribution is -0.139. The summed E-state index contributed by atoms with van der Waals surface area (Å²) in [5, 5.41) is 0. The summed E-state index contributed by atoms with van der Waals surface area (Å²) in [6.45, 7) is 6.00. The minimum absolute atomic E-state index is 0.156. The number of rotatable bonds is 12. The van der Waals surface area contributed by atoms with Gasteiger partial charge in [0.15, 0.2) is 0 Å². The topological polar surface area (TPSA) is 61.8 Å². The summed E-state index contributed by atoms with van der Waals surface area (Å²) < 4.78 is 82.6. The highest BCUT2D eigenvalue weighted by molar-refractivity contribution is 5.91. The molecule has 0 heterocycles. The largest absolute Gasteiger partial charge is 0.494 e. The molecule has 0 aliphatic heterocycles. The third-order valence-corrected chi connectivity index (χ3v) is 5.56. The molecule has 10 heteroatoms. The number of esters is 2. The van der Waals surface area contributed by atoms with E-state index >= 15 is 0 Å². The van der Waals surface area contributed by atoms with Crippen molar-refractivity contribution in [2.24, 2.45) is 0 Å². The van der Waals surface area contributed by atoms with Gasteiger partial charge in [-0.2, -0.15) is 8.78 Å². The van der Waals surface area contributed by atoms with Crippen molar-refractivity contribution in [3.8, 4) is 22.6 Å². The van der Waals surface area contributed by atoms with E-state index in [0.29, 0.717) is 30.1 Å². The molecule has 39 heavy (non-hydrogen) atoms. The zero-order valence-electron chi connectivity index (χ0n) is 21.0. The fourth-order valence-electron chi connectivity index (χ4n) is 3.40. The molecular weight excluding hydrogens is 523 g/mol. The highest BCUT2D eigenvalue weighted by Crippen LogP contribution is 2.30. The lowest BCUT2D eigenvalue weighted by Crippen LogP contribution is -2.13. The molecule has 0 spiro atoms. The van der Waals surface area contributed by atoms with Crippen molar-refractivity contribution < 1.29 is 45.8 Å². The van der Waals surface area contributed by atoms with Gasteiger partial charge < -0.3 is 14.2 Å². The maximum absolute atomic E-state index is 13.8. The smallest absolute Gasteiger partial charge is 0.343 e. The second-order valence-electron chi connectivity index (χ2n) is 8.57. The van der Waals surface area contributed by atoms with Crippen molar-refractivity contribution in [2.75, 3.05) is 13.2 Å². The van der Waals surface area contributed by atoms with Crippen LogP contribution in [0.25, 0.3) is 11.1 Å². The van der Waals surface area contributed by atoms with Gasteiger partial charge in [-0.3, -0.25) is 0 Å². The molecule has 206 valence electrons. The zero-order valence-corrected chi connectivity index (χ0v) is 21.0. The van der Waals surface area contributed by atoms with Crippen molar-refractivity contribution in [1.29, 1.82) is 0 Å². The number of benzene rings is 3. The maximum atomic E-state index is 13.8. The van der Waals surface area contributed by atoms with Crippen molar-refractivity contribution in [1.82, 2.24) is 0 Å². The van der Waals surface area contributed by atoms with Crippen LogP contribution in [0.2, 0.25) is 0 Å². The highest BCUT2D eigenvalue weighted by Gasteiger charge is 2.28. The van der Waals surface area contributed by atoms with Crippen LogP contribution in [0.1, 0.15) is 43.0 Å². The Balaban J connectivity index is 1.48. The van der Waals surface area contributed by atoms with Gasteiger partial charge in [0.25, 0.3) is 0 Å². The summed E-state index contributed by atoms with van der Waals surface area (Å²) in [6, 6.07) is 12.8. The van der Waals surface area contributed by atoms with Crippen LogP contribution in [0.15, 0.2) is 60.7 Å². The van der Waals surface area contributed by atoms with E-state index in [2.05, 4.69) is 11.3 Å². The van der Waals surface area contributed by atoms with Crippen LogP contribution < -0.4 is 9.47 Å². The molecule has 0 radical (unpaired) electrons. The third kappa shape index (κ3) is 7.66. The first-order valence-corrected chi connectivity index (χ1v) is 12.0. The van der Waals surface area contributed by atoms with E-state index in [1.54, 1.807) is 43.3 Å². The van der Waals surface area contributed by atoms with Gasteiger partial charge in [0, 0.05) is 5.57 Å². The van der Waals surface area contributed by atoms with Crippen LogP contribution in [0.5, 0.6) is 11.5 Å². The standard InChI is InChI=1S/C29H25F5O5/c1-17(2)28(35)38-16-6-4-3-5-15-37-21-13-11-19(12-14-21)18-7-9-20(10-8-18)29(36)39-27-25(33)23(31)22(30)24(32)26(27)34/h7-14H,1,3-6,15-16H2,2H3. The molecule has 0 bridgehead atoms. The van der Waals surface area contributed by atoms with Crippen LogP contribution in [-0.4, -0.2) is 25.2 Å². The molecule has 0 unspecified atom stereocenters. The summed E-state index contributed by atoms with van der Waals surface area (Å²) in [5.41, 5.74) is 1.70. The quantitative estimate of drug-likeness (QED) is 0.0451. The predicted octanol–water partition coefficient (Wildman–Crippen LogP) is 7.33. The van der Waals surface area contributed by atoms with Crippen LogP contribution in [0.4, 0.5) is 22.0 Å². The number of hydrogen-bond donors (Lipinski definition) is 0. The third-order valence-electron chi connectivity index (χ3n) is 5.56. The summed E-state index contributed by atoms with van der Waals surface area (Å²) in [4.78, 5) is 23.5. The monoisotopic (exact) mass is 548 g/mol. The van der Waals surface area contributed by atoms with Gasteiger partial charge in [0.05, 0.1) is 18.8 Å². The van der Waals surface area contributed by atoms with Crippen LogP contribution >= 0.6 is 0 Å². The van der Waals surface area contributed by atoms with Gasteiger partial charge in [-0.1, -0.05) is 30.8 Å². The molecule has 0 aliphatic rings. The summed E-state index contributed by atoms with van der Waals surface area (Å²) >= 11 is 0. The lowest BCUT2D eigenvalue weighted by atomic mass is 10.0. The number of carbonyl (C=O) groups excluding carboxylic acids is 2. The van der Waals surface area contributed by atoms with Crippen LogP contribution in [-0.2, 0) is 9.53 Å². The average Bonchev–Trinajstić information content (AvgIpc) is 2.94. The first kappa shape index (κ1) is 29.3. The first-order chi connectivity index (χ1) is 18.6. The number of carbonyl (C=O) groups is 2. The Labute approximate surface area is 221 Å². The van der Waals surface area contributed by atoms with Crippen LogP contribution in [0, 0.1) is 29.1 Å². The normalized spacial score (nSPS) is 10.7. The SMILES string of the molecule is C=C(C)C(=O)OCCCCCCOc1ccc(-c2ccc(C(=O)Oc3c(F)c(F)c(F)c(F)c3F)cc2)cc1. The molecule has 0 amide bonds. The van der Waals surface area contributed by atoms with Gasteiger partial charge >= 0.3 is 11.9 Å². The van der Waals surface area contributed by atoms with E-state index in [4.69, 9.17) is 9.47 Å². The number of halogens is 5. The Morgan fingerprint density at radius 1 is 0.692 bits per heavy atom. The number of hydrogen-bond acceptors (Lipinski definition) is 5. The van der Waals surface area contributed by atoms with Gasteiger partial charge in [-0.25, -0.2) is 22.8 Å². The Bertz CT molecular complexity index is 1310. The summed E-state index contributed by atoms with van der Waals surface area (Å²) in [7, 11) is 0. The molecule has 3 aromatic rings. The van der Waals surface area contributed by atoms with Crippen molar-refractivity contribution >= 4 is 11.9 Å². The fraction of sp³-hybridized carbons (Fsp3) is 0.241. The summed E-state index contributed by atoms with van der Waals surface area (Å²) in [6.07, 6.45) is 3.42. The first-order valence-electron chi connectivity index (χ1n) is 12.0. The molecular formula is C29H25F5O5. The second kappa shape index (κ2) is 13.5. The Hall–Kier alpha value is -4.21. The van der Waals surface area contributed by atoms with Gasteiger partial charge in [-0.05, 0) is 68.0 Å². The second-order valence-corrected chi connectivity index (χ2v) is 8.57. The molecule has 0 fully saturated rings. The molecule has 5 nitrogen and oxygen atoms in total. The molecule has 0 saturated heterocycles. The highest BCUT2D eigenvalue weighted by atomic mass is 19.2. The van der Waals surface area contributed by atoms with E-state index in [1.807, 2.05) is 0 Å². The molecule has 0 saturated carbocycles. The molecule has 3 rings (SSSR count). The number of ether oxygens (including phenoxy) is 3. The molecule has 0 aromatic heterocycles. The number of unbranched alkanes of at least 4 members (excludes halogenated alkanes) is 3. The van der Waals surface area contributed by atoms with Gasteiger partial charge in [0.1, 0.15) is 5.75 Å². The van der Waals surface area contributed by atoms with E-state index in [0.717, 1.165) is 31.2 Å². The minimum Gasteiger partial charge on any atom is -0.494 e. The molecule has 0 atom stereocenters. The van der Waals surface area contributed by atoms with Gasteiger partial charge in [0.2, 0.25) is 34.8 Å². The van der Waals surface area contributed by atoms with Crippen LogP contribution in [0.3, 0.4) is 0 Å². The lowest BCUT2D eigenvalue weighted by Gasteiger charge is -2.10. The summed E-state index contributed by atoms with van der Waals surface area (Å²) in [5.74, 6) is -13.9. The van der Waals surface area contributed by atoms with E-state index in [1.165, 1.54) is 12.1 Å². The van der Waals surface area contributed by atoms with Crippen molar-refractivity contribution in [2.45, 2.75) is 32.6 Å². The Kier molecular flexibility index (Phi) is 10.2. The molecule has 3 aromatic carbocycles. The van der Waals surface area contributed by atoms with E-state index in [9.17, 15) is 31.5 Å². The minimum atomic E-state index is -2.35. The maximum Gasteiger partial charge on any atom is 0.343 e. The molecule has 0 aliphatic carbocycles. The van der Waals surface area contributed by atoms with Crippen molar-refractivity contribution in [3.63, 3.8) is 0 Å². The van der Waals surface area contributed by atoms with Gasteiger partial charge in [-0.15, -0.1) is 0 Å². The zero-order chi connectivity index (χ0) is 28.5. The molecule has 0 N–H and O–H groups in total. The van der Waals surface area contributed by atoms with Crippen molar-refractivity contribution in [3.05, 3.63) is 95.3 Å². The van der Waals surface area contributed by atoms with E-state index in [-0.39, 0.29) is 11.5 Å². The predicted molar refractivity (Wildman–Crippen MR) is 133 cm³/mol.